The van der Waals surface area contributed by atoms with Crippen LogP contribution < -0.4 is 10.2 Å². The van der Waals surface area contributed by atoms with Crippen LogP contribution in [0.3, 0.4) is 0 Å². The van der Waals surface area contributed by atoms with Gasteiger partial charge in [-0.2, -0.15) is 0 Å². The first kappa shape index (κ1) is 19.1. The highest BCUT2D eigenvalue weighted by Gasteiger charge is 2.23. The Bertz CT molecular complexity index is 753. The molecular formula is C18H21Br2N5O. The maximum absolute atomic E-state index is 12.7. The van der Waals surface area contributed by atoms with Crippen molar-refractivity contribution in [1.82, 2.24) is 14.9 Å². The van der Waals surface area contributed by atoms with E-state index < -0.39 is 0 Å². The van der Waals surface area contributed by atoms with Crippen LogP contribution in [0.2, 0.25) is 0 Å². The molecule has 8 heteroatoms. The number of piperazine rings is 1. The molecular weight excluding hydrogens is 462 g/mol. The van der Waals surface area contributed by atoms with Crippen LogP contribution >= 0.6 is 31.9 Å². The third-order valence-corrected chi connectivity index (χ3v) is 5.62. The fourth-order valence-electron chi connectivity index (χ4n) is 2.80. The van der Waals surface area contributed by atoms with Crippen LogP contribution in [0, 0.1) is 0 Å². The Morgan fingerprint density at radius 2 is 1.65 bits per heavy atom. The summed E-state index contributed by atoms with van der Waals surface area (Å²) in [7, 11) is 0. The molecule has 1 fully saturated rings. The first-order valence-corrected chi connectivity index (χ1v) is 10.1. The van der Waals surface area contributed by atoms with Gasteiger partial charge in [-0.3, -0.25) is 0 Å². The van der Waals surface area contributed by atoms with Crippen LogP contribution in [0.25, 0.3) is 0 Å². The number of benzene rings is 1. The van der Waals surface area contributed by atoms with Crippen LogP contribution in [0.15, 0.2) is 39.5 Å². The van der Waals surface area contributed by atoms with Gasteiger partial charge in [-0.15, -0.1) is 0 Å². The van der Waals surface area contributed by atoms with Gasteiger partial charge in [0, 0.05) is 47.5 Å². The zero-order valence-electron chi connectivity index (χ0n) is 14.7. The summed E-state index contributed by atoms with van der Waals surface area (Å²) in [6.45, 7) is 6.97. The van der Waals surface area contributed by atoms with Gasteiger partial charge in [0.1, 0.15) is 0 Å². The number of hydrogen-bond acceptors (Lipinski definition) is 4. The average Bonchev–Trinajstić information content (AvgIpc) is 2.65. The molecule has 2 amide bonds. The third-order valence-electron chi connectivity index (χ3n) is 4.36. The Labute approximate surface area is 170 Å². The van der Waals surface area contributed by atoms with E-state index in [-0.39, 0.29) is 6.03 Å². The summed E-state index contributed by atoms with van der Waals surface area (Å²) in [4.78, 5) is 25.1. The first-order valence-electron chi connectivity index (χ1n) is 8.52. The minimum absolute atomic E-state index is 0.0997. The van der Waals surface area contributed by atoms with E-state index in [2.05, 4.69) is 78.0 Å². The number of urea groups is 1. The summed E-state index contributed by atoms with van der Waals surface area (Å²) in [6.07, 6.45) is 3.47. The number of nitrogens with zero attached hydrogens (tertiary/aromatic N) is 4. The van der Waals surface area contributed by atoms with Gasteiger partial charge in [0.05, 0.1) is 5.69 Å². The van der Waals surface area contributed by atoms with Crippen LogP contribution in [-0.4, -0.2) is 47.1 Å². The first-order chi connectivity index (χ1) is 12.5. The molecule has 138 valence electrons. The lowest BCUT2D eigenvalue weighted by molar-refractivity contribution is 0.208. The van der Waals surface area contributed by atoms with Gasteiger partial charge in [0.15, 0.2) is 0 Å². The van der Waals surface area contributed by atoms with Crippen LogP contribution in [0.4, 0.5) is 16.4 Å². The normalized spacial score (nSPS) is 14.7. The predicted octanol–water partition coefficient (Wildman–Crippen LogP) is 4.48. The molecule has 26 heavy (non-hydrogen) atoms. The zero-order valence-corrected chi connectivity index (χ0v) is 17.9. The van der Waals surface area contributed by atoms with Crippen molar-refractivity contribution < 1.29 is 4.79 Å². The molecule has 2 aromatic rings. The number of rotatable bonds is 3. The summed E-state index contributed by atoms with van der Waals surface area (Å²) in [6, 6.07) is 5.80. The number of amides is 2. The maximum Gasteiger partial charge on any atom is 0.322 e. The topological polar surface area (TPSA) is 61.4 Å². The molecule has 1 N–H and O–H groups in total. The van der Waals surface area contributed by atoms with Gasteiger partial charge in [-0.05, 0) is 61.5 Å². The number of anilines is 2. The monoisotopic (exact) mass is 481 g/mol. The maximum atomic E-state index is 12.7. The van der Waals surface area contributed by atoms with E-state index in [1.165, 1.54) is 5.56 Å². The Morgan fingerprint density at radius 3 is 2.19 bits per heavy atom. The quantitative estimate of drug-likeness (QED) is 0.700. The Balaban J connectivity index is 1.63. The van der Waals surface area contributed by atoms with Crippen molar-refractivity contribution in [2.24, 2.45) is 0 Å². The minimum atomic E-state index is -0.0997. The van der Waals surface area contributed by atoms with Crippen molar-refractivity contribution in [3.05, 3.63) is 45.1 Å². The van der Waals surface area contributed by atoms with Crippen molar-refractivity contribution in [2.75, 3.05) is 36.4 Å². The standard InChI is InChI=1S/C18H21Br2N5O/c1-12(2)13-10-14(19)16(15(20)11-13)23-18(26)25-8-6-24(7-9-25)17-21-4-3-5-22-17/h3-5,10-12H,6-9H2,1-2H3,(H,23,26). The lowest BCUT2D eigenvalue weighted by Crippen LogP contribution is -2.50. The van der Waals surface area contributed by atoms with Crippen LogP contribution in [0.1, 0.15) is 25.3 Å². The van der Waals surface area contributed by atoms with Gasteiger partial charge < -0.3 is 15.1 Å². The zero-order chi connectivity index (χ0) is 18.7. The molecule has 6 nitrogen and oxygen atoms in total. The van der Waals surface area contributed by atoms with E-state index in [9.17, 15) is 4.79 Å². The number of nitrogens with one attached hydrogen (secondary N) is 1. The number of carbonyl (C=O) groups excluding carboxylic acids is 1. The number of aromatic nitrogens is 2. The number of halogens is 2. The highest BCUT2D eigenvalue weighted by Crippen LogP contribution is 2.35. The summed E-state index contributed by atoms with van der Waals surface area (Å²) in [5.74, 6) is 1.13. The second-order valence-electron chi connectivity index (χ2n) is 6.47. The fourth-order valence-corrected chi connectivity index (χ4v) is 4.22. The van der Waals surface area contributed by atoms with Crippen LogP contribution in [-0.2, 0) is 0 Å². The average molecular weight is 483 g/mol. The van der Waals surface area contributed by atoms with Crippen molar-refractivity contribution in [3.8, 4) is 0 Å². The summed E-state index contributed by atoms with van der Waals surface area (Å²) < 4.78 is 1.75. The summed E-state index contributed by atoms with van der Waals surface area (Å²) in [5, 5.41) is 3.01. The number of hydrogen-bond donors (Lipinski definition) is 1. The summed E-state index contributed by atoms with van der Waals surface area (Å²) in [5.41, 5.74) is 1.96. The van der Waals surface area contributed by atoms with Crippen LogP contribution in [0.5, 0.6) is 0 Å². The Morgan fingerprint density at radius 1 is 1.08 bits per heavy atom. The second kappa shape index (κ2) is 8.35. The predicted molar refractivity (Wildman–Crippen MR) is 111 cm³/mol. The smallest absolute Gasteiger partial charge is 0.322 e. The van der Waals surface area contributed by atoms with Crippen molar-refractivity contribution in [2.45, 2.75) is 19.8 Å². The molecule has 0 spiro atoms. The van der Waals surface area contributed by atoms with Crippen molar-refractivity contribution in [3.63, 3.8) is 0 Å². The van der Waals surface area contributed by atoms with E-state index in [1.54, 1.807) is 18.5 Å². The molecule has 0 atom stereocenters. The van der Waals surface area contributed by atoms with E-state index in [4.69, 9.17) is 0 Å². The Hall–Kier alpha value is -1.67. The summed E-state index contributed by atoms with van der Waals surface area (Å²) >= 11 is 7.14. The third kappa shape index (κ3) is 4.35. The SMILES string of the molecule is CC(C)c1cc(Br)c(NC(=O)N2CCN(c3ncccn3)CC2)c(Br)c1. The van der Waals surface area contributed by atoms with E-state index in [1.807, 2.05) is 4.90 Å². The molecule has 1 aromatic heterocycles. The van der Waals surface area contributed by atoms with Crippen molar-refractivity contribution in [1.29, 1.82) is 0 Å². The molecule has 0 aliphatic carbocycles. The lowest BCUT2D eigenvalue weighted by Gasteiger charge is -2.34. The fraction of sp³-hybridized carbons (Fsp3) is 0.389. The van der Waals surface area contributed by atoms with Gasteiger partial charge >= 0.3 is 6.03 Å². The molecule has 1 aliphatic heterocycles. The van der Waals surface area contributed by atoms with E-state index in [0.717, 1.165) is 14.6 Å². The molecule has 0 bridgehead atoms. The van der Waals surface area contributed by atoms with Gasteiger partial charge in [-0.1, -0.05) is 13.8 Å². The van der Waals surface area contributed by atoms with Gasteiger partial charge in [0.2, 0.25) is 5.95 Å². The van der Waals surface area contributed by atoms with Crippen molar-refractivity contribution >= 4 is 49.5 Å². The molecule has 0 saturated carbocycles. The molecule has 0 radical (unpaired) electrons. The molecule has 2 heterocycles. The minimum Gasteiger partial charge on any atom is -0.337 e. The number of carbonyl (C=O) groups is 1. The van der Waals surface area contributed by atoms with E-state index >= 15 is 0 Å². The molecule has 1 aliphatic rings. The Kier molecular flexibility index (Phi) is 6.13. The van der Waals surface area contributed by atoms with Gasteiger partial charge in [0.25, 0.3) is 0 Å². The largest absolute Gasteiger partial charge is 0.337 e. The second-order valence-corrected chi connectivity index (χ2v) is 8.18. The van der Waals surface area contributed by atoms with E-state index in [0.29, 0.717) is 38.0 Å². The highest BCUT2D eigenvalue weighted by atomic mass is 79.9. The molecule has 3 rings (SSSR count). The molecule has 0 unspecified atom stereocenters. The van der Waals surface area contributed by atoms with Gasteiger partial charge in [-0.25, -0.2) is 14.8 Å². The molecule has 1 saturated heterocycles. The molecule has 1 aromatic carbocycles. The highest BCUT2D eigenvalue weighted by molar-refractivity contribution is 9.11. The lowest BCUT2D eigenvalue weighted by atomic mass is 10.0.